The molecule has 1 aromatic rings. The molecule has 14 heavy (non-hydrogen) atoms. The van der Waals surface area contributed by atoms with Gasteiger partial charge in [0.2, 0.25) is 0 Å². The van der Waals surface area contributed by atoms with Gasteiger partial charge in [-0.2, -0.15) is 0 Å². The minimum atomic E-state index is -0.868. The first-order valence-electron chi connectivity index (χ1n) is 4.24. The number of hydrogen-bond donors (Lipinski definition) is 1. The van der Waals surface area contributed by atoms with Crippen LogP contribution in [0, 0.1) is 0 Å². The van der Waals surface area contributed by atoms with Gasteiger partial charge in [0.15, 0.2) is 0 Å². The summed E-state index contributed by atoms with van der Waals surface area (Å²) in [5.74, 6) is -0.868. The van der Waals surface area contributed by atoms with Crippen molar-refractivity contribution in [2.75, 3.05) is 11.9 Å². The molecule has 0 heterocycles. The van der Waals surface area contributed by atoms with Crippen LogP contribution in [-0.4, -0.2) is 24.2 Å². The summed E-state index contributed by atoms with van der Waals surface area (Å²) in [6.45, 7) is 1.62. The third kappa shape index (κ3) is 2.17. The van der Waals surface area contributed by atoms with Crippen LogP contribution in [0.25, 0.3) is 0 Å². The van der Waals surface area contributed by atoms with Crippen molar-refractivity contribution in [2.45, 2.75) is 13.0 Å². The van der Waals surface area contributed by atoms with Gasteiger partial charge < -0.3 is 10.0 Å². The molecule has 0 saturated heterocycles. The molecule has 1 aromatic carbocycles. The monoisotopic (exact) mass is 213 g/mol. The number of para-hydroxylation sites is 1. The number of likely N-dealkylation sites (N-methyl/N-ethyl adjacent to an activating group) is 1. The Morgan fingerprint density at radius 1 is 1.50 bits per heavy atom. The number of aliphatic carboxylic acids is 1. The van der Waals surface area contributed by atoms with Crippen molar-refractivity contribution in [1.82, 2.24) is 0 Å². The summed E-state index contributed by atoms with van der Waals surface area (Å²) in [5, 5.41) is 9.38. The maximum Gasteiger partial charge on any atom is 0.326 e. The second-order valence-corrected chi connectivity index (χ2v) is 3.48. The van der Waals surface area contributed by atoms with Crippen molar-refractivity contribution in [1.29, 1.82) is 0 Å². The van der Waals surface area contributed by atoms with Crippen LogP contribution in [0.5, 0.6) is 0 Å². The van der Waals surface area contributed by atoms with E-state index in [1.54, 1.807) is 31.0 Å². The molecule has 0 spiro atoms. The van der Waals surface area contributed by atoms with Crippen molar-refractivity contribution >= 4 is 23.3 Å². The van der Waals surface area contributed by atoms with Crippen LogP contribution in [0.15, 0.2) is 24.3 Å². The van der Waals surface area contributed by atoms with E-state index in [0.717, 1.165) is 5.69 Å². The van der Waals surface area contributed by atoms with Crippen LogP contribution in [-0.2, 0) is 4.79 Å². The SMILES string of the molecule is C[C@H](C(=O)O)N(C)c1ccccc1Cl. The molecule has 0 aliphatic heterocycles. The van der Waals surface area contributed by atoms with Gasteiger partial charge in [0, 0.05) is 7.05 Å². The zero-order valence-corrected chi connectivity index (χ0v) is 8.82. The summed E-state index contributed by atoms with van der Waals surface area (Å²) in [5.41, 5.74) is 0.726. The minimum Gasteiger partial charge on any atom is -0.480 e. The molecule has 0 fully saturated rings. The average Bonchev–Trinajstić information content (AvgIpc) is 2.16. The van der Waals surface area contributed by atoms with E-state index in [-0.39, 0.29) is 0 Å². The summed E-state index contributed by atoms with van der Waals surface area (Å²) in [6, 6.07) is 6.58. The number of halogens is 1. The Morgan fingerprint density at radius 3 is 2.57 bits per heavy atom. The Kier molecular flexibility index (Phi) is 3.36. The molecule has 4 heteroatoms. The highest BCUT2D eigenvalue weighted by Crippen LogP contribution is 2.25. The topological polar surface area (TPSA) is 40.5 Å². The minimum absolute atomic E-state index is 0.558. The van der Waals surface area contributed by atoms with Crippen LogP contribution in [0.2, 0.25) is 5.02 Å². The van der Waals surface area contributed by atoms with Crippen LogP contribution >= 0.6 is 11.6 Å². The summed E-state index contributed by atoms with van der Waals surface area (Å²) >= 11 is 5.93. The Hall–Kier alpha value is -1.22. The van der Waals surface area contributed by atoms with Crippen molar-refractivity contribution in [3.63, 3.8) is 0 Å². The molecule has 1 N–H and O–H groups in total. The summed E-state index contributed by atoms with van der Waals surface area (Å²) < 4.78 is 0. The van der Waals surface area contributed by atoms with E-state index in [0.29, 0.717) is 5.02 Å². The van der Waals surface area contributed by atoms with Crippen LogP contribution < -0.4 is 4.90 Å². The smallest absolute Gasteiger partial charge is 0.326 e. The van der Waals surface area contributed by atoms with Crippen LogP contribution in [0.3, 0.4) is 0 Å². The number of anilines is 1. The Labute approximate surface area is 87.9 Å². The number of carboxylic acid groups (broad SMARTS) is 1. The van der Waals surface area contributed by atoms with Gasteiger partial charge in [-0.05, 0) is 19.1 Å². The predicted octanol–water partition coefficient (Wildman–Crippen LogP) is 2.25. The number of carboxylic acids is 1. The molecule has 0 unspecified atom stereocenters. The van der Waals surface area contributed by atoms with Gasteiger partial charge in [0.25, 0.3) is 0 Å². The van der Waals surface area contributed by atoms with E-state index in [9.17, 15) is 4.79 Å². The highest BCUT2D eigenvalue weighted by molar-refractivity contribution is 6.33. The van der Waals surface area contributed by atoms with E-state index in [1.165, 1.54) is 0 Å². The van der Waals surface area contributed by atoms with E-state index < -0.39 is 12.0 Å². The van der Waals surface area contributed by atoms with Gasteiger partial charge in [0.05, 0.1) is 10.7 Å². The molecule has 0 saturated carbocycles. The zero-order valence-electron chi connectivity index (χ0n) is 8.07. The number of nitrogens with zero attached hydrogens (tertiary/aromatic N) is 1. The van der Waals surface area contributed by atoms with E-state index in [4.69, 9.17) is 16.7 Å². The van der Waals surface area contributed by atoms with Gasteiger partial charge in [0.1, 0.15) is 6.04 Å². The maximum atomic E-state index is 10.7. The van der Waals surface area contributed by atoms with Gasteiger partial charge in [-0.15, -0.1) is 0 Å². The van der Waals surface area contributed by atoms with Crippen molar-refractivity contribution in [2.24, 2.45) is 0 Å². The Bertz CT molecular complexity index is 341. The number of rotatable bonds is 3. The first kappa shape index (κ1) is 10.9. The molecule has 0 aliphatic rings. The van der Waals surface area contributed by atoms with Crippen LogP contribution in [0.4, 0.5) is 5.69 Å². The molecule has 3 nitrogen and oxygen atoms in total. The molecule has 0 bridgehead atoms. The highest BCUT2D eigenvalue weighted by atomic mass is 35.5. The lowest BCUT2D eigenvalue weighted by Crippen LogP contribution is -2.35. The maximum absolute atomic E-state index is 10.7. The molecule has 76 valence electrons. The van der Waals surface area contributed by atoms with Crippen molar-refractivity contribution in [3.8, 4) is 0 Å². The van der Waals surface area contributed by atoms with E-state index in [1.807, 2.05) is 12.1 Å². The molecule has 0 radical (unpaired) electrons. The molecule has 0 amide bonds. The van der Waals surface area contributed by atoms with Gasteiger partial charge in [-0.25, -0.2) is 4.79 Å². The zero-order chi connectivity index (χ0) is 10.7. The predicted molar refractivity (Wildman–Crippen MR) is 57.0 cm³/mol. The van der Waals surface area contributed by atoms with Gasteiger partial charge >= 0.3 is 5.97 Å². The molecular formula is C10H12ClNO2. The summed E-state index contributed by atoms with van der Waals surface area (Å²) in [6.07, 6.45) is 0. The lowest BCUT2D eigenvalue weighted by Gasteiger charge is -2.24. The molecule has 1 atom stereocenters. The number of carbonyl (C=O) groups is 1. The van der Waals surface area contributed by atoms with Crippen LogP contribution in [0.1, 0.15) is 6.92 Å². The first-order chi connectivity index (χ1) is 6.54. The van der Waals surface area contributed by atoms with Crippen molar-refractivity contribution in [3.05, 3.63) is 29.3 Å². The molecule has 1 rings (SSSR count). The number of benzene rings is 1. The fourth-order valence-electron chi connectivity index (χ4n) is 1.11. The quantitative estimate of drug-likeness (QED) is 0.837. The lowest BCUT2D eigenvalue weighted by atomic mass is 10.2. The van der Waals surface area contributed by atoms with Gasteiger partial charge in [-0.3, -0.25) is 0 Å². The third-order valence-electron chi connectivity index (χ3n) is 2.17. The van der Waals surface area contributed by atoms with E-state index >= 15 is 0 Å². The molecule has 0 aromatic heterocycles. The largest absolute Gasteiger partial charge is 0.480 e. The van der Waals surface area contributed by atoms with E-state index in [2.05, 4.69) is 0 Å². The normalized spacial score (nSPS) is 12.2. The average molecular weight is 214 g/mol. The summed E-state index contributed by atoms with van der Waals surface area (Å²) in [4.78, 5) is 12.4. The lowest BCUT2D eigenvalue weighted by molar-refractivity contribution is -0.138. The fourth-order valence-corrected chi connectivity index (χ4v) is 1.38. The third-order valence-corrected chi connectivity index (χ3v) is 2.49. The Morgan fingerprint density at radius 2 is 2.07 bits per heavy atom. The van der Waals surface area contributed by atoms with Crippen molar-refractivity contribution < 1.29 is 9.90 Å². The molecule has 0 aliphatic carbocycles. The van der Waals surface area contributed by atoms with Gasteiger partial charge in [-0.1, -0.05) is 23.7 Å². The highest BCUT2D eigenvalue weighted by Gasteiger charge is 2.18. The summed E-state index contributed by atoms with van der Waals surface area (Å²) in [7, 11) is 1.71. The fraction of sp³-hybridized carbons (Fsp3) is 0.300. The number of hydrogen-bond acceptors (Lipinski definition) is 2. The molecular weight excluding hydrogens is 202 g/mol. The second-order valence-electron chi connectivity index (χ2n) is 3.08. The standard InChI is InChI=1S/C10H12ClNO2/c1-7(10(13)14)12(2)9-6-4-3-5-8(9)11/h3-7H,1-2H3,(H,13,14)/t7-/m1/s1. The second kappa shape index (κ2) is 4.33. The first-order valence-corrected chi connectivity index (χ1v) is 4.62. The Balaban J connectivity index is 2.94.